The van der Waals surface area contributed by atoms with Gasteiger partial charge in [0.15, 0.2) is 0 Å². The summed E-state index contributed by atoms with van der Waals surface area (Å²) in [5.74, 6) is 0. The minimum Gasteiger partial charge on any atom is -0.396 e. The van der Waals surface area contributed by atoms with Gasteiger partial charge in [-0.2, -0.15) is 5.10 Å². The second-order valence-corrected chi connectivity index (χ2v) is 6.75. The molecule has 0 atom stereocenters. The van der Waals surface area contributed by atoms with Crippen molar-refractivity contribution in [3.05, 3.63) is 71.1 Å². The summed E-state index contributed by atoms with van der Waals surface area (Å²) >= 11 is 6.38. The summed E-state index contributed by atoms with van der Waals surface area (Å²) in [6, 6.07) is 16.0. The van der Waals surface area contributed by atoms with E-state index in [1.54, 1.807) is 6.20 Å². The van der Waals surface area contributed by atoms with Gasteiger partial charge in [-0.3, -0.25) is 5.10 Å². The van der Waals surface area contributed by atoms with E-state index in [1.807, 2.05) is 49.4 Å². The molecule has 0 bridgehead atoms. The zero-order valence-electron chi connectivity index (χ0n) is 14.8. The minimum absolute atomic E-state index is 0.104. The lowest BCUT2D eigenvalue weighted by Crippen LogP contribution is -1.99. The van der Waals surface area contributed by atoms with Crippen LogP contribution in [0, 0.1) is 6.92 Å². The number of pyridine rings is 1. The monoisotopic (exact) mass is 378 g/mol. The van der Waals surface area contributed by atoms with Crippen LogP contribution >= 0.6 is 11.6 Å². The number of aromatic amines is 1. The van der Waals surface area contributed by atoms with E-state index in [9.17, 15) is 5.11 Å². The highest BCUT2D eigenvalue weighted by molar-refractivity contribution is 6.32. The number of para-hydroxylation sites is 1. The molecule has 0 aliphatic rings. The second-order valence-electron chi connectivity index (χ2n) is 6.39. The number of rotatable bonds is 5. The number of aliphatic hydroxyl groups excluding tert-OH is 1. The van der Waals surface area contributed by atoms with Crippen LogP contribution in [-0.2, 0) is 6.42 Å². The summed E-state index contributed by atoms with van der Waals surface area (Å²) in [6.45, 7) is 2.07. The van der Waals surface area contributed by atoms with Gasteiger partial charge in [-0.05, 0) is 48.7 Å². The molecule has 3 N–H and O–H groups in total. The van der Waals surface area contributed by atoms with Crippen LogP contribution in [0.3, 0.4) is 0 Å². The highest BCUT2D eigenvalue weighted by atomic mass is 35.5. The molecule has 0 saturated heterocycles. The van der Waals surface area contributed by atoms with Crippen LogP contribution < -0.4 is 5.32 Å². The molecule has 0 unspecified atom stereocenters. The van der Waals surface area contributed by atoms with Crippen LogP contribution in [0.1, 0.15) is 11.3 Å². The number of nitrogens with one attached hydrogen (secondary N) is 2. The van der Waals surface area contributed by atoms with Crippen LogP contribution in [-0.4, -0.2) is 26.9 Å². The van der Waals surface area contributed by atoms with Crippen molar-refractivity contribution in [1.82, 2.24) is 15.2 Å². The maximum Gasteiger partial charge on any atom is 0.136 e. The maximum absolute atomic E-state index is 9.27. The standard InChI is InChI=1S/C21H19ClN4O/c1-13-17-10-15(6-7-20(17)26-25-13)18-11-16(12-23-21(18)22)24-19-5-3-2-4-14(19)8-9-27/h2-7,10-12,24,27H,8-9H2,1H3,(H,25,26). The number of aromatic nitrogens is 3. The first-order valence-corrected chi connectivity index (χ1v) is 9.10. The van der Waals surface area contributed by atoms with Gasteiger partial charge in [-0.1, -0.05) is 35.9 Å². The van der Waals surface area contributed by atoms with Crippen molar-refractivity contribution in [2.24, 2.45) is 0 Å². The smallest absolute Gasteiger partial charge is 0.136 e. The Kier molecular flexibility index (Phi) is 4.79. The third-order valence-electron chi connectivity index (χ3n) is 4.58. The summed E-state index contributed by atoms with van der Waals surface area (Å²) in [5, 5.41) is 21.4. The molecule has 0 spiro atoms. The van der Waals surface area contributed by atoms with Gasteiger partial charge < -0.3 is 10.4 Å². The molecule has 0 radical (unpaired) electrons. The van der Waals surface area contributed by atoms with Crippen molar-refractivity contribution in [2.75, 3.05) is 11.9 Å². The van der Waals surface area contributed by atoms with E-state index in [4.69, 9.17) is 11.6 Å². The Bertz CT molecular complexity index is 1110. The van der Waals surface area contributed by atoms with Gasteiger partial charge in [-0.15, -0.1) is 0 Å². The first-order valence-electron chi connectivity index (χ1n) is 8.72. The highest BCUT2D eigenvalue weighted by Gasteiger charge is 2.10. The molecule has 5 nitrogen and oxygen atoms in total. The molecule has 2 heterocycles. The molecule has 27 heavy (non-hydrogen) atoms. The van der Waals surface area contributed by atoms with E-state index in [2.05, 4.69) is 26.6 Å². The number of nitrogens with zero attached hydrogens (tertiary/aromatic N) is 2. The van der Waals surface area contributed by atoms with Gasteiger partial charge in [0.1, 0.15) is 5.15 Å². The normalized spacial score (nSPS) is 11.1. The van der Waals surface area contributed by atoms with Crippen LogP contribution in [0.4, 0.5) is 11.4 Å². The molecule has 6 heteroatoms. The number of H-pyrrole nitrogens is 1. The quantitative estimate of drug-likeness (QED) is 0.433. The van der Waals surface area contributed by atoms with Gasteiger partial charge in [0, 0.05) is 23.2 Å². The predicted molar refractivity (Wildman–Crippen MR) is 110 cm³/mol. The van der Waals surface area contributed by atoms with Crippen LogP contribution in [0.15, 0.2) is 54.7 Å². The van der Waals surface area contributed by atoms with Gasteiger partial charge in [0.25, 0.3) is 0 Å². The van der Waals surface area contributed by atoms with Crippen LogP contribution in [0.5, 0.6) is 0 Å². The highest BCUT2D eigenvalue weighted by Crippen LogP contribution is 2.32. The summed E-state index contributed by atoms with van der Waals surface area (Å²) in [4.78, 5) is 4.35. The van der Waals surface area contributed by atoms with Crippen molar-refractivity contribution in [1.29, 1.82) is 0 Å². The van der Waals surface area contributed by atoms with Crippen LogP contribution in [0.25, 0.3) is 22.0 Å². The third-order valence-corrected chi connectivity index (χ3v) is 4.88. The molecule has 4 aromatic rings. The number of fused-ring (bicyclic) bond motifs is 1. The number of aryl methyl sites for hydroxylation is 1. The summed E-state index contributed by atoms with van der Waals surface area (Å²) in [5.41, 5.74) is 6.61. The minimum atomic E-state index is 0.104. The molecular formula is C21H19ClN4O. The van der Waals surface area contributed by atoms with Gasteiger partial charge in [0.2, 0.25) is 0 Å². The molecule has 4 rings (SSSR count). The lowest BCUT2D eigenvalue weighted by atomic mass is 10.0. The first-order chi connectivity index (χ1) is 13.2. The number of benzene rings is 2. The average Bonchev–Trinajstić information content (AvgIpc) is 3.05. The van der Waals surface area contributed by atoms with Gasteiger partial charge >= 0.3 is 0 Å². The van der Waals surface area contributed by atoms with E-state index in [0.717, 1.165) is 44.7 Å². The average molecular weight is 379 g/mol. The molecule has 0 aliphatic carbocycles. The molecule has 0 saturated carbocycles. The number of hydrogen-bond donors (Lipinski definition) is 3. The first kappa shape index (κ1) is 17.5. The van der Waals surface area contributed by atoms with Crippen molar-refractivity contribution >= 4 is 33.9 Å². The Morgan fingerprint density at radius 3 is 2.85 bits per heavy atom. The summed E-state index contributed by atoms with van der Waals surface area (Å²) in [7, 11) is 0. The van der Waals surface area contributed by atoms with E-state index in [1.165, 1.54) is 0 Å². The molecule has 2 aromatic carbocycles. The molecule has 0 amide bonds. The maximum atomic E-state index is 9.27. The van der Waals surface area contributed by atoms with Crippen molar-refractivity contribution < 1.29 is 5.11 Å². The Morgan fingerprint density at radius 2 is 2.00 bits per heavy atom. The second kappa shape index (κ2) is 7.39. The number of aliphatic hydroxyl groups is 1. The summed E-state index contributed by atoms with van der Waals surface area (Å²) in [6.07, 6.45) is 2.30. The lowest BCUT2D eigenvalue weighted by molar-refractivity contribution is 0.300. The number of halogens is 1. The fraction of sp³-hybridized carbons (Fsp3) is 0.143. The van der Waals surface area contributed by atoms with Crippen molar-refractivity contribution in [2.45, 2.75) is 13.3 Å². The molecule has 0 fully saturated rings. The number of hydrogen-bond acceptors (Lipinski definition) is 4. The van der Waals surface area contributed by atoms with Gasteiger partial charge in [-0.25, -0.2) is 4.98 Å². The summed E-state index contributed by atoms with van der Waals surface area (Å²) < 4.78 is 0. The van der Waals surface area contributed by atoms with Crippen molar-refractivity contribution in [3.8, 4) is 11.1 Å². The Balaban J connectivity index is 1.72. The van der Waals surface area contributed by atoms with Crippen LogP contribution in [0.2, 0.25) is 5.15 Å². The zero-order valence-corrected chi connectivity index (χ0v) is 15.6. The lowest BCUT2D eigenvalue weighted by Gasteiger charge is -2.13. The van der Waals surface area contributed by atoms with E-state index < -0.39 is 0 Å². The topological polar surface area (TPSA) is 73.8 Å². The molecule has 2 aromatic heterocycles. The SMILES string of the molecule is Cc1n[nH]c2ccc(-c3cc(Nc4ccccc4CCO)cnc3Cl)cc12. The molecule has 136 valence electrons. The predicted octanol–water partition coefficient (Wildman–Crippen LogP) is 4.87. The van der Waals surface area contributed by atoms with Gasteiger partial charge in [0.05, 0.1) is 23.1 Å². The molecule has 0 aliphatic heterocycles. The zero-order chi connectivity index (χ0) is 18.8. The third kappa shape index (κ3) is 3.52. The van der Waals surface area contributed by atoms with Crippen molar-refractivity contribution in [3.63, 3.8) is 0 Å². The van der Waals surface area contributed by atoms with E-state index in [-0.39, 0.29) is 6.61 Å². The fourth-order valence-electron chi connectivity index (χ4n) is 3.17. The largest absolute Gasteiger partial charge is 0.396 e. The Hall–Kier alpha value is -2.89. The Labute approximate surface area is 162 Å². The fourth-order valence-corrected chi connectivity index (χ4v) is 3.38. The Morgan fingerprint density at radius 1 is 1.15 bits per heavy atom. The van der Waals surface area contributed by atoms with E-state index >= 15 is 0 Å². The van der Waals surface area contributed by atoms with E-state index in [0.29, 0.717) is 11.6 Å². The number of anilines is 2. The molecular weight excluding hydrogens is 360 g/mol.